The molecule has 0 fully saturated rings. The van der Waals surface area contributed by atoms with Crippen molar-refractivity contribution in [2.45, 2.75) is 0 Å². The number of hydrazine groups is 1. The number of amides is 1. The van der Waals surface area contributed by atoms with Crippen LogP contribution >= 0.6 is 24.4 Å². The number of aromatic nitrogens is 2. The second-order valence-corrected chi connectivity index (χ2v) is 4.75. The van der Waals surface area contributed by atoms with Gasteiger partial charge in [-0.25, -0.2) is 9.99 Å². The normalized spacial score (nSPS) is 8.22. The van der Waals surface area contributed by atoms with Gasteiger partial charge in [0, 0.05) is 12.4 Å². The first-order valence-electron chi connectivity index (χ1n) is 3.88. The van der Waals surface area contributed by atoms with E-state index in [0.29, 0.717) is 0 Å². The molecule has 0 aliphatic rings. The fourth-order valence-electron chi connectivity index (χ4n) is 0.759. The van der Waals surface area contributed by atoms with Crippen molar-refractivity contribution in [3.8, 4) is 0 Å². The third kappa shape index (κ3) is 6.36. The summed E-state index contributed by atoms with van der Waals surface area (Å²) in [7, 11) is 0. The number of thiocarbonyl (C=S) groups is 2. The van der Waals surface area contributed by atoms with Gasteiger partial charge in [0.1, 0.15) is 0 Å². The topological polar surface area (TPSA) is 95.2 Å². The summed E-state index contributed by atoms with van der Waals surface area (Å²) in [5.41, 5.74) is 2.39. The van der Waals surface area contributed by atoms with Crippen LogP contribution in [0.3, 0.4) is 0 Å². The number of hydrogen-bond donors (Lipinski definition) is 2. The number of H-pyrrole nitrogens is 1. The van der Waals surface area contributed by atoms with E-state index in [1.165, 1.54) is 12.4 Å². The number of rotatable bonds is 1. The zero-order valence-corrected chi connectivity index (χ0v) is 13.6. The van der Waals surface area contributed by atoms with Crippen molar-refractivity contribution in [3.63, 3.8) is 0 Å². The van der Waals surface area contributed by atoms with Gasteiger partial charge in [-0.2, -0.15) is 0 Å². The van der Waals surface area contributed by atoms with Gasteiger partial charge in [0.05, 0.1) is 0 Å². The van der Waals surface area contributed by atoms with Crippen molar-refractivity contribution in [1.82, 2.24) is 20.4 Å². The number of nitrogens with one attached hydrogen (secondary N) is 2. The zero-order chi connectivity index (χ0) is 14.1. The molecule has 1 aromatic rings. The Labute approximate surface area is 132 Å². The molecule has 0 aliphatic carbocycles. The molecule has 12 heteroatoms. The minimum absolute atomic E-state index is 0.0258. The fraction of sp³-hybridized carbons (Fsp3) is 0. The van der Waals surface area contributed by atoms with Gasteiger partial charge >= 0.3 is 31.2 Å². The van der Waals surface area contributed by atoms with Gasteiger partial charge in [-0.15, -0.1) is 0 Å². The van der Waals surface area contributed by atoms with Crippen molar-refractivity contribution in [3.05, 3.63) is 18.2 Å². The van der Waals surface area contributed by atoms with E-state index in [9.17, 15) is 4.79 Å². The van der Waals surface area contributed by atoms with Crippen molar-refractivity contribution in [2.75, 3.05) is 0 Å². The van der Waals surface area contributed by atoms with Crippen LogP contribution in [0.15, 0.2) is 12.4 Å². The Morgan fingerprint density at radius 3 is 2.33 bits per heavy atom. The molecule has 0 atom stereocenters. The molecule has 0 spiro atoms. The molecule has 1 heterocycles. The Morgan fingerprint density at radius 1 is 1.44 bits per heavy atom. The van der Waals surface area contributed by atoms with Crippen LogP contribution in [0.1, 0.15) is 10.6 Å². The van der Waals surface area contributed by atoms with Gasteiger partial charge in [0.25, 0.3) is 0 Å². The number of carbonyl (C=O) groups excluding carboxylic acids is 1. The summed E-state index contributed by atoms with van der Waals surface area (Å²) < 4.78 is 16.9. The Hall–Kier alpha value is -0.612. The van der Waals surface area contributed by atoms with Crippen LogP contribution in [0.25, 0.3) is 0 Å². The van der Waals surface area contributed by atoms with Crippen LogP contribution in [0.2, 0.25) is 0 Å². The van der Waals surface area contributed by atoms with Gasteiger partial charge in [-0.3, -0.25) is 4.79 Å². The van der Waals surface area contributed by atoms with Gasteiger partial charge in [-0.1, -0.05) is 0 Å². The average Bonchev–Trinajstić information content (AvgIpc) is 2.78. The van der Waals surface area contributed by atoms with E-state index >= 15 is 0 Å². The number of nitrogens with zero attached hydrogens (tertiary/aromatic N) is 2. The molecule has 18 heavy (non-hydrogen) atoms. The van der Waals surface area contributed by atoms with Crippen molar-refractivity contribution in [2.24, 2.45) is 0 Å². The summed E-state index contributed by atoms with van der Waals surface area (Å²) in [6.07, 6.45) is 2.94. The molecular weight excluding hydrogens is 400 g/mol. The van der Waals surface area contributed by atoms with E-state index < -0.39 is 24.4 Å². The van der Waals surface area contributed by atoms with Gasteiger partial charge in [-0.05, 0) is 8.64 Å². The first-order chi connectivity index (χ1) is 8.43. The molecule has 2 N–H and O–H groups in total. The van der Waals surface area contributed by atoms with Crippen LogP contribution in [-0.4, -0.2) is 29.5 Å². The minimum atomic E-state index is -2.03. The summed E-state index contributed by atoms with van der Waals surface area (Å²) in [6.45, 7) is 0. The fourth-order valence-corrected chi connectivity index (χ4v) is 1.20. The molecule has 0 radical (unpaired) electrons. The summed E-state index contributed by atoms with van der Waals surface area (Å²) >= 11 is 16.6. The van der Waals surface area contributed by atoms with Crippen LogP contribution in [0.4, 0.5) is 0 Å². The van der Waals surface area contributed by atoms with Gasteiger partial charge < -0.3 is 60.1 Å². The molecule has 0 aliphatic heterocycles. The molecule has 96 valence electrons. The number of carbonyl (C=O) groups is 1. The second kappa shape index (κ2) is 9.34. The molecule has 1 rings (SSSR count). The van der Waals surface area contributed by atoms with Crippen molar-refractivity contribution in [1.29, 1.82) is 0 Å². The SMILES string of the molecule is O=C(c1ncc[nH]1)N(NC(=S)[S-])C(=S)[S-].[O]=[Mo+2]=[O]. The van der Waals surface area contributed by atoms with E-state index in [0.717, 1.165) is 5.01 Å². The van der Waals surface area contributed by atoms with Crippen molar-refractivity contribution >= 4 is 64.2 Å². The van der Waals surface area contributed by atoms with E-state index in [-0.39, 0.29) is 14.5 Å². The third-order valence-electron chi connectivity index (χ3n) is 1.29. The molecule has 0 saturated carbocycles. The molecule has 0 unspecified atom stereocenters. The Morgan fingerprint density at radius 2 is 2.00 bits per heavy atom. The first-order valence-corrected chi connectivity index (χ1v) is 7.15. The van der Waals surface area contributed by atoms with E-state index in [1.807, 2.05) is 0 Å². The average molecular weight is 404 g/mol. The van der Waals surface area contributed by atoms with Crippen LogP contribution in [0.5, 0.6) is 0 Å². The number of aromatic amines is 1. The third-order valence-corrected chi connectivity index (χ3v) is 1.84. The Bertz CT molecular complexity index is 473. The summed E-state index contributed by atoms with van der Waals surface area (Å²) in [4.78, 5) is 18.1. The maximum atomic E-state index is 11.7. The van der Waals surface area contributed by atoms with E-state index in [2.05, 4.69) is 40.2 Å². The number of imidazole rings is 1. The molecule has 1 aromatic heterocycles. The summed E-state index contributed by atoms with van der Waals surface area (Å²) in [5.74, 6) is -0.437. The maximum absolute atomic E-state index is 11.7. The monoisotopic (exact) mass is 406 g/mol. The predicted molar refractivity (Wildman–Crippen MR) is 69.2 cm³/mol. The molecule has 0 bridgehead atoms. The summed E-state index contributed by atoms with van der Waals surface area (Å²) in [5, 5.41) is 0.888. The van der Waals surface area contributed by atoms with Crippen LogP contribution in [0, 0.1) is 0 Å². The summed E-state index contributed by atoms with van der Waals surface area (Å²) in [6, 6.07) is 0. The van der Waals surface area contributed by atoms with Gasteiger partial charge in [0.2, 0.25) is 0 Å². The van der Waals surface area contributed by atoms with E-state index in [4.69, 9.17) is 31.6 Å². The predicted octanol–water partition coefficient (Wildman–Crippen LogP) is -0.220. The first kappa shape index (κ1) is 17.4. The van der Waals surface area contributed by atoms with Crippen LogP contribution < -0.4 is 5.43 Å². The molecule has 0 aromatic carbocycles. The Balaban J connectivity index is 0.000000873. The quantitative estimate of drug-likeness (QED) is 0.285. The second-order valence-electron chi connectivity index (χ2n) is 2.31. The molecule has 7 nitrogen and oxygen atoms in total. The standard InChI is InChI=1S/C6H6N4OS4.Mo.2O/c11-4(3-7-1-2-8-3)10(6(14)15)9-5(12)13;;;/h1-2H,(H,7,8)(H,14,15)(H2,9,12,13);;;/q;+2;;/p-2. The van der Waals surface area contributed by atoms with Crippen molar-refractivity contribution < 1.29 is 30.1 Å². The molecule has 0 saturated heterocycles. The Kier molecular flexibility index (Phi) is 9.02. The number of hydrogen-bond acceptors (Lipinski definition) is 8. The molecular formula is C6H4MoN4O3S4. The van der Waals surface area contributed by atoms with E-state index in [1.54, 1.807) is 0 Å². The van der Waals surface area contributed by atoms with Gasteiger partial charge in [0.15, 0.2) is 5.82 Å². The molecule has 1 amide bonds. The van der Waals surface area contributed by atoms with Crippen LogP contribution in [-0.2, 0) is 50.5 Å². The zero-order valence-electron chi connectivity index (χ0n) is 8.32.